The third-order valence-corrected chi connectivity index (χ3v) is 3.88. The number of sulfonamides is 1. The van der Waals surface area contributed by atoms with Crippen molar-refractivity contribution in [2.24, 2.45) is 0 Å². The van der Waals surface area contributed by atoms with Gasteiger partial charge >= 0.3 is 0 Å². The molecule has 0 aliphatic rings. The lowest BCUT2D eigenvalue weighted by Gasteiger charge is -2.05. The van der Waals surface area contributed by atoms with Crippen molar-refractivity contribution in [1.29, 1.82) is 0 Å². The van der Waals surface area contributed by atoms with Gasteiger partial charge in [0.1, 0.15) is 0 Å². The van der Waals surface area contributed by atoms with Gasteiger partial charge in [0.25, 0.3) is 10.0 Å². The summed E-state index contributed by atoms with van der Waals surface area (Å²) in [4.78, 5) is 7.75. The van der Waals surface area contributed by atoms with Gasteiger partial charge in [-0.25, -0.2) is 18.1 Å². The standard InChI is InChI=1S/C11H15N5O3S/c1-12-6-9-2-3-11(13-7-9)20(17,18)15-5-4-10-14-8-19-16-10/h2-3,7-8,12,15H,4-6H2,1H3. The van der Waals surface area contributed by atoms with Crippen LogP contribution in [0.1, 0.15) is 11.4 Å². The normalized spacial score (nSPS) is 11.7. The zero-order valence-electron chi connectivity index (χ0n) is 10.9. The molecule has 0 saturated carbocycles. The van der Waals surface area contributed by atoms with Crippen molar-refractivity contribution in [2.45, 2.75) is 18.0 Å². The highest BCUT2D eigenvalue weighted by Gasteiger charge is 2.15. The minimum atomic E-state index is -3.61. The van der Waals surface area contributed by atoms with E-state index in [9.17, 15) is 8.42 Å². The van der Waals surface area contributed by atoms with E-state index < -0.39 is 10.0 Å². The van der Waals surface area contributed by atoms with Gasteiger partial charge in [-0.3, -0.25) is 0 Å². The maximum atomic E-state index is 12.0. The molecule has 0 aliphatic carbocycles. The van der Waals surface area contributed by atoms with E-state index in [4.69, 9.17) is 0 Å². The van der Waals surface area contributed by atoms with Crippen molar-refractivity contribution < 1.29 is 12.9 Å². The molecule has 0 aliphatic heterocycles. The fourth-order valence-electron chi connectivity index (χ4n) is 1.55. The Balaban J connectivity index is 1.95. The van der Waals surface area contributed by atoms with Crippen molar-refractivity contribution in [3.05, 3.63) is 36.1 Å². The molecule has 108 valence electrons. The number of pyridine rings is 1. The van der Waals surface area contributed by atoms with Crippen LogP contribution < -0.4 is 10.0 Å². The fourth-order valence-corrected chi connectivity index (χ4v) is 2.51. The molecular weight excluding hydrogens is 282 g/mol. The molecule has 2 N–H and O–H groups in total. The summed E-state index contributed by atoms with van der Waals surface area (Å²) in [6, 6.07) is 3.20. The largest absolute Gasteiger partial charge is 0.343 e. The molecule has 0 radical (unpaired) electrons. The van der Waals surface area contributed by atoms with Gasteiger partial charge in [0.2, 0.25) is 6.39 Å². The number of hydrogen-bond donors (Lipinski definition) is 2. The van der Waals surface area contributed by atoms with Crippen LogP contribution in [0.3, 0.4) is 0 Å². The summed E-state index contributed by atoms with van der Waals surface area (Å²) < 4.78 is 31.0. The summed E-state index contributed by atoms with van der Waals surface area (Å²) in [5, 5.41) is 6.55. The Hall–Kier alpha value is -1.84. The van der Waals surface area contributed by atoms with Gasteiger partial charge in [0.15, 0.2) is 10.9 Å². The van der Waals surface area contributed by atoms with Crippen LogP contribution in [0.25, 0.3) is 0 Å². The number of aromatic nitrogens is 3. The third kappa shape index (κ3) is 3.83. The van der Waals surface area contributed by atoms with Gasteiger partial charge in [-0.05, 0) is 18.7 Å². The molecular formula is C11H15N5O3S. The van der Waals surface area contributed by atoms with E-state index in [-0.39, 0.29) is 11.6 Å². The molecule has 0 fully saturated rings. The Labute approximate surface area is 116 Å². The van der Waals surface area contributed by atoms with Crippen LogP contribution in [0, 0.1) is 0 Å². The predicted octanol–water partition coefficient (Wildman–Crippen LogP) is -0.295. The summed E-state index contributed by atoms with van der Waals surface area (Å²) in [6.07, 6.45) is 3.09. The van der Waals surface area contributed by atoms with Crippen LogP contribution >= 0.6 is 0 Å². The van der Waals surface area contributed by atoms with E-state index in [2.05, 4.69) is 29.7 Å². The van der Waals surface area contributed by atoms with Gasteiger partial charge in [-0.1, -0.05) is 11.2 Å². The molecule has 20 heavy (non-hydrogen) atoms. The van der Waals surface area contributed by atoms with Crippen LogP contribution in [0.4, 0.5) is 0 Å². The first-order chi connectivity index (χ1) is 9.62. The molecule has 0 saturated heterocycles. The van der Waals surface area contributed by atoms with Gasteiger partial charge in [0, 0.05) is 25.7 Å². The molecule has 9 heteroatoms. The first kappa shape index (κ1) is 14.6. The summed E-state index contributed by atoms with van der Waals surface area (Å²) in [7, 11) is -1.80. The quantitative estimate of drug-likeness (QED) is 0.722. The highest BCUT2D eigenvalue weighted by Crippen LogP contribution is 2.06. The monoisotopic (exact) mass is 297 g/mol. The van der Waals surface area contributed by atoms with Crippen molar-refractivity contribution in [1.82, 2.24) is 25.2 Å². The fraction of sp³-hybridized carbons (Fsp3) is 0.364. The number of rotatable bonds is 7. The van der Waals surface area contributed by atoms with E-state index in [0.29, 0.717) is 18.8 Å². The SMILES string of the molecule is CNCc1ccc(S(=O)(=O)NCCc2ncon2)nc1. The first-order valence-electron chi connectivity index (χ1n) is 5.96. The Morgan fingerprint density at radius 2 is 2.15 bits per heavy atom. The maximum Gasteiger partial charge on any atom is 0.258 e. The smallest absolute Gasteiger partial charge is 0.258 e. The minimum Gasteiger partial charge on any atom is -0.343 e. The van der Waals surface area contributed by atoms with Gasteiger partial charge in [-0.2, -0.15) is 4.98 Å². The Morgan fingerprint density at radius 3 is 2.75 bits per heavy atom. The van der Waals surface area contributed by atoms with Crippen molar-refractivity contribution in [3.63, 3.8) is 0 Å². The first-order valence-corrected chi connectivity index (χ1v) is 7.44. The molecule has 0 aromatic carbocycles. The van der Waals surface area contributed by atoms with E-state index in [0.717, 1.165) is 5.56 Å². The highest BCUT2D eigenvalue weighted by atomic mass is 32.2. The molecule has 0 unspecified atom stereocenters. The van der Waals surface area contributed by atoms with Crippen LogP contribution in [-0.4, -0.2) is 37.1 Å². The number of hydrogen-bond acceptors (Lipinski definition) is 7. The highest BCUT2D eigenvalue weighted by molar-refractivity contribution is 7.89. The van der Waals surface area contributed by atoms with E-state index in [1.54, 1.807) is 6.07 Å². The summed E-state index contributed by atoms with van der Waals surface area (Å²) in [6.45, 7) is 0.820. The van der Waals surface area contributed by atoms with Crippen LogP contribution in [0.5, 0.6) is 0 Å². The second-order valence-electron chi connectivity index (χ2n) is 4.03. The van der Waals surface area contributed by atoms with Gasteiger partial charge in [0.05, 0.1) is 0 Å². The predicted molar refractivity (Wildman–Crippen MR) is 70.2 cm³/mol. The van der Waals surface area contributed by atoms with E-state index in [1.807, 2.05) is 7.05 Å². The van der Waals surface area contributed by atoms with Gasteiger partial charge in [-0.15, -0.1) is 0 Å². The van der Waals surface area contributed by atoms with Crippen LogP contribution in [-0.2, 0) is 23.0 Å². The topological polar surface area (TPSA) is 110 Å². The number of nitrogens with one attached hydrogen (secondary N) is 2. The van der Waals surface area contributed by atoms with Crippen molar-refractivity contribution in [3.8, 4) is 0 Å². The van der Waals surface area contributed by atoms with Crippen LogP contribution in [0.15, 0.2) is 34.3 Å². The summed E-state index contributed by atoms with van der Waals surface area (Å²) >= 11 is 0. The van der Waals surface area contributed by atoms with Crippen molar-refractivity contribution in [2.75, 3.05) is 13.6 Å². The average molecular weight is 297 g/mol. The summed E-state index contributed by atoms with van der Waals surface area (Å²) in [5.74, 6) is 0.449. The Morgan fingerprint density at radius 1 is 1.30 bits per heavy atom. The number of nitrogens with zero attached hydrogens (tertiary/aromatic N) is 3. The molecule has 2 heterocycles. The van der Waals surface area contributed by atoms with Crippen LogP contribution in [0.2, 0.25) is 0 Å². The van der Waals surface area contributed by atoms with E-state index in [1.165, 1.54) is 18.7 Å². The molecule has 0 atom stereocenters. The molecule has 2 aromatic rings. The van der Waals surface area contributed by atoms with E-state index >= 15 is 0 Å². The van der Waals surface area contributed by atoms with Gasteiger partial charge < -0.3 is 9.84 Å². The molecule has 0 amide bonds. The molecule has 2 rings (SSSR count). The lowest BCUT2D eigenvalue weighted by Crippen LogP contribution is -2.27. The molecule has 0 bridgehead atoms. The minimum absolute atomic E-state index is 0.00883. The molecule has 2 aromatic heterocycles. The molecule has 0 spiro atoms. The third-order valence-electron chi connectivity index (χ3n) is 2.50. The lowest BCUT2D eigenvalue weighted by molar-refractivity contribution is 0.409. The second kappa shape index (κ2) is 6.55. The second-order valence-corrected chi connectivity index (χ2v) is 5.74. The lowest BCUT2D eigenvalue weighted by atomic mass is 10.3. The average Bonchev–Trinajstić information content (AvgIpc) is 2.93. The summed E-state index contributed by atoms with van der Waals surface area (Å²) in [5.41, 5.74) is 0.915. The zero-order chi connectivity index (χ0) is 14.4. The van der Waals surface area contributed by atoms with Crippen molar-refractivity contribution >= 4 is 10.0 Å². The maximum absolute atomic E-state index is 12.0. The Kier molecular flexibility index (Phi) is 4.77. The Bertz CT molecular complexity index is 625. The zero-order valence-corrected chi connectivity index (χ0v) is 11.7. The molecule has 8 nitrogen and oxygen atoms in total.